The second-order valence-electron chi connectivity index (χ2n) is 6.59. The van der Waals surface area contributed by atoms with Gasteiger partial charge in [0.25, 0.3) is 11.4 Å². The highest BCUT2D eigenvalue weighted by Gasteiger charge is 2.04. The van der Waals surface area contributed by atoms with Gasteiger partial charge in [0, 0.05) is 29.6 Å². The van der Waals surface area contributed by atoms with E-state index < -0.39 is 9.85 Å². The molecular weight excluding hydrogens is 516 g/mol. The van der Waals surface area contributed by atoms with Crippen LogP contribution in [-0.2, 0) is 32.2 Å². The Bertz CT molecular complexity index is 751. The molecule has 0 unspecified atom stereocenters. The number of nitrogens with zero attached hydrogens (tertiary/aromatic N) is 2. The standard InChI is InChI=1S/C11H14BrNO4.C11H15NO5/c12-5-6-16-7-8-17-9-10-1-3-11(4-2-10)13(14)15;13-5-6-16-7-8-17-9-10-1-3-11(4-2-10)12(14)15/h1-4H,5-9H2;1-4,13H,5-9H2. The van der Waals surface area contributed by atoms with E-state index in [2.05, 4.69) is 15.9 Å². The monoisotopic (exact) mass is 544 g/mol. The van der Waals surface area contributed by atoms with Gasteiger partial charge in [-0.1, -0.05) is 15.9 Å². The van der Waals surface area contributed by atoms with Crippen molar-refractivity contribution in [2.75, 3.05) is 51.6 Å². The third kappa shape index (κ3) is 13.9. The number of benzene rings is 2. The summed E-state index contributed by atoms with van der Waals surface area (Å²) in [5.41, 5.74) is 1.95. The maximum atomic E-state index is 10.4. The molecule has 11 nitrogen and oxygen atoms in total. The van der Waals surface area contributed by atoms with Crippen molar-refractivity contribution in [1.29, 1.82) is 0 Å². The molecule has 1 N–H and O–H groups in total. The van der Waals surface area contributed by atoms with Crippen molar-refractivity contribution in [1.82, 2.24) is 0 Å². The van der Waals surface area contributed by atoms with Crippen LogP contribution < -0.4 is 0 Å². The molecule has 0 saturated heterocycles. The highest BCUT2D eigenvalue weighted by atomic mass is 79.9. The van der Waals surface area contributed by atoms with Gasteiger partial charge < -0.3 is 24.1 Å². The van der Waals surface area contributed by atoms with Crippen molar-refractivity contribution in [3.05, 3.63) is 79.9 Å². The average molecular weight is 545 g/mol. The molecule has 0 aliphatic heterocycles. The van der Waals surface area contributed by atoms with Gasteiger partial charge in [-0.3, -0.25) is 20.2 Å². The van der Waals surface area contributed by atoms with Gasteiger partial charge in [0.15, 0.2) is 0 Å². The van der Waals surface area contributed by atoms with Crippen LogP contribution in [0.15, 0.2) is 48.5 Å². The molecule has 0 radical (unpaired) electrons. The first-order valence-corrected chi connectivity index (χ1v) is 11.5. The van der Waals surface area contributed by atoms with Gasteiger partial charge in [0.1, 0.15) is 0 Å². The maximum Gasteiger partial charge on any atom is 0.269 e. The van der Waals surface area contributed by atoms with Crippen LogP contribution >= 0.6 is 15.9 Å². The molecule has 0 aliphatic rings. The van der Waals surface area contributed by atoms with E-state index in [0.29, 0.717) is 52.9 Å². The van der Waals surface area contributed by atoms with Crippen molar-refractivity contribution < 1.29 is 33.9 Å². The Labute approximate surface area is 206 Å². The molecule has 0 heterocycles. The van der Waals surface area contributed by atoms with Crippen LogP contribution in [0.25, 0.3) is 0 Å². The first-order valence-electron chi connectivity index (χ1n) is 10.4. The summed E-state index contributed by atoms with van der Waals surface area (Å²) in [6.07, 6.45) is 0. The van der Waals surface area contributed by atoms with E-state index in [1.807, 2.05) is 0 Å². The Balaban J connectivity index is 0.000000340. The fourth-order valence-corrected chi connectivity index (χ4v) is 2.60. The number of hydrogen-bond donors (Lipinski definition) is 1. The second kappa shape index (κ2) is 18.9. The Kier molecular flexibility index (Phi) is 16.4. The zero-order chi connectivity index (χ0) is 25.0. The summed E-state index contributed by atoms with van der Waals surface area (Å²) in [6.45, 7) is 3.73. The molecule has 188 valence electrons. The lowest BCUT2D eigenvalue weighted by molar-refractivity contribution is -0.385. The number of nitro groups is 2. The number of alkyl halides is 1. The van der Waals surface area contributed by atoms with Gasteiger partial charge in [-0.15, -0.1) is 0 Å². The van der Waals surface area contributed by atoms with E-state index in [1.54, 1.807) is 24.3 Å². The molecular formula is C22H29BrN2O9. The molecule has 0 atom stereocenters. The average Bonchev–Trinajstić information content (AvgIpc) is 2.84. The highest BCUT2D eigenvalue weighted by molar-refractivity contribution is 9.09. The molecule has 0 saturated carbocycles. The summed E-state index contributed by atoms with van der Waals surface area (Å²) in [5, 5.41) is 30.1. The minimum Gasteiger partial charge on any atom is -0.394 e. The summed E-state index contributed by atoms with van der Waals surface area (Å²) in [6, 6.07) is 12.5. The van der Waals surface area contributed by atoms with Gasteiger partial charge in [-0.2, -0.15) is 0 Å². The van der Waals surface area contributed by atoms with Crippen LogP contribution in [0.3, 0.4) is 0 Å². The van der Waals surface area contributed by atoms with Crippen LogP contribution in [0.1, 0.15) is 11.1 Å². The van der Waals surface area contributed by atoms with Crippen LogP contribution in [-0.4, -0.2) is 66.5 Å². The summed E-state index contributed by atoms with van der Waals surface area (Å²) in [7, 11) is 0. The van der Waals surface area contributed by atoms with E-state index in [0.717, 1.165) is 16.5 Å². The van der Waals surface area contributed by atoms with Gasteiger partial charge >= 0.3 is 0 Å². The number of nitro benzene ring substituents is 2. The van der Waals surface area contributed by atoms with Crippen LogP contribution in [0.5, 0.6) is 0 Å². The van der Waals surface area contributed by atoms with Crippen molar-refractivity contribution in [2.24, 2.45) is 0 Å². The number of non-ortho nitro benzene ring substituents is 2. The lowest BCUT2D eigenvalue weighted by atomic mass is 10.2. The minimum atomic E-state index is -0.437. The molecule has 34 heavy (non-hydrogen) atoms. The smallest absolute Gasteiger partial charge is 0.269 e. The largest absolute Gasteiger partial charge is 0.394 e. The quantitative estimate of drug-likeness (QED) is 0.145. The Hall–Kier alpha value is -2.48. The summed E-state index contributed by atoms with van der Waals surface area (Å²) in [4.78, 5) is 20.0. The molecule has 0 aromatic heterocycles. The molecule has 0 bridgehead atoms. The normalized spacial score (nSPS) is 10.4. The zero-order valence-corrected chi connectivity index (χ0v) is 20.3. The fourth-order valence-electron chi connectivity index (χ4n) is 2.37. The van der Waals surface area contributed by atoms with E-state index in [1.165, 1.54) is 24.3 Å². The first kappa shape index (κ1) is 29.6. The molecule has 2 rings (SSSR count). The van der Waals surface area contributed by atoms with E-state index in [9.17, 15) is 20.2 Å². The van der Waals surface area contributed by atoms with Gasteiger partial charge in [-0.25, -0.2) is 0 Å². The van der Waals surface area contributed by atoms with Crippen molar-refractivity contribution >= 4 is 27.3 Å². The third-order valence-electron chi connectivity index (χ3n) is 4.03. The molecule has 12 heteroatoms. The molecule has 2 aromatic rings. The SMILES string of the molecule is O=[N+]([O-])c1ccc(COCCOCCBr)cc1.O=[N+]([O-])c1ccc(COCCOCCO)cc1. The predicted octanol–water partition coefficient (Wildman–Crippen LogP) is 3.64. The Morgan fingerprint density at radius 2 is 1.03 bits per heavy atom. The molecule has 0 spiro atoms. The van der Waals surface area contributed by atoms with Crippen LogP contribution in [0.2, 0.25) is 0 Å². The van der Waals surface area contributed by atoms with E-state index >= 15 is 0 Å². The molecule has 0 amide bonds. The number of ether oxygens (including phenoxy) is 4. The van der Waals surface area contributed by atoms with E-state index in [-0.39, 0.29) is 18.0 Å². The molecule has 0 fully saturated rings. The number of halogens is 1. The third-order valence-corrected chi connectivity index (χ3v) is 4.36. The van der Waals surface area contributed by atoms with Crippen molar-refractivity contribution in [3.8, 4) is 0 Å². The lowest BCUT2D eigenvalue weighted by Crippen LogP contribution is -2.07. The zero-order valence-electron chi connectivity index (χ0n) is 18.7. The minimum absolute atomic E-state index is 0.00233. The van der Waals surface area contributed by atoms with Gasteiger partial charge in [0.05, 0.1) is 69.3 Å². The number of rotatable bonds is 16. The second-order valence-corrected chi connectivity index (χ2v) is 7.38. The van der Waals surface area contributed by atoms with Crippen molar-refractivity contribution in [2.45, 2.75) is 13.2 Å². The van der Waals surface area contributed by atoms with Gasteiger partial charge in [-0.05, 0) is 35.4 Å². The highest BCUT2D eigenvalue weighted by Crippen LogP contribution is 2.13. The predicted molar refractivity (Wildman–Crippen MR) is 128 cm³/mol. The van der Waals surface area contributed by atoms with Gasteiger partial charge in [0.2, 0.25) is 0 Å². The van der Waals surface area contributed by atoms with Crippen molar-refractivity contribution in [3.63, 3.8) is 0 Å². The topological polar surface area (TPSA) is 143 Å². The first-order chi connectivity index (χ1) is 16.5. The molecule has 0 aliphatic carbocycles. The summed E-state index contributed by atoms with van der Waals surface area (Å²) in [5.74, 6) is 0. The Morgan fingerprint density at radius 3 is 1.38 bits per heavy atom. The van der Waals surface area contributed by atoms with Crippen LogP contribution in [0, 0.1) is 20.2 Å². The number of hydrogen-bond acceptors (Lipinski definition) is 9. The maximum absolute atomic E-state index is 10.4. The lowest BCUT2D eigenvalue weighted by Gasteiger charge is -2.04. The van der Waals surface area contributed by atoms with Crippen LogP contribution in [0.4, 0.5) is 11.4 Å². The molecule has 2 aromatic carbocycles. The number of aliphatic hydroxyl groups is 1. The summed E-state index contributed by atoms with van der Waals surface area (Å²) >= 11 is 3.25. The Morgan fingerprint density at radius 1 is 0.647 bits per heavy atom. The number of aliphatic hydroxyl groups excluding tert-OH is 1. The van der Waals surface area contributed by atoms with E-state index in [4.69, 9.17) is 24.1 Å². The fraction of sp³-hybridized carbons (Fsp3) is 0.455. The summed E-state index contributed by atoms with van der Waals surface area (Å²) < 4.78 is 20.9.